The molecule has 8 rings (SSSR count). The summed E-state index contributed by atoms with van der Waals surface area (Å²) in [6.45, 7) is 8.87. The Bertz CT molecular complexity index is 2260. The molecule has 0 fully saturated rings. The van der Waals surface area contributed by atoms with Crippen LogP contribution in [0.2, 0.25) is 0 Å². The van der Waals surface area contributed by atoms with Gasteiger partial charge in [-0.1, -0.05) is 136 Å². The zero-order valence-electron chi connectivity index (χ0n) is 29.4. The van der Waals surface area contributed by atoms with Gasteiger partial charge in [-0.25, -0.2) is 0 Å². The van der Waals surface area contributed by atoms with E-state index in [1.165, 1.54) is 106 Å². The fourth-order valence-corrected chi connectivity index (χ4v) is 6.57. The minimum Gasteiger partial charge on any atom is -0.358 e. The summed E-state index contributed by atoms with van der Waals surface area (Å²) in [6.07, 6.45) is 0. The predicted octanol–water partition coefficient (Wildman–Crippen LogP) is 14.2. The van der Waals surface area contributed by atoms with Crippen molar-refractivity contribution in [2.75, 3.05) is 0 Å². The molecule has 0 bridgehead atoms. The van der Waals surface area contributed by atoms with E-state index in [4.69, 9.17) is 0 Å². The molecule has 0 amide bonds. The van der Waals surface area contributed by atoms with Crippen molar-refractivity contribution in [2.24, 2.45) is 0 Å². The second kappa shape index (κ2) is 18.4. The molecule has 0 aliphatic carbocycles. The first kappa shape index (κ1) is 41.6. The largest absolute Gasteiger partial charge is 0.358 e. The summed E-state index contributed by atoms with van der Waals surface area (Å²) in [6, 6.07) is 50.8. The Kier molecular flexibility index (Phi) is 15.6. The zero-order valence-corrected chi connectivity index (χ0v) is 33.5. The van der Waals surface area contributed by atoms with Crippen molar-refractivity contribution in [1.29, 1.82) is 0 Å². The maximum Gasteiger partial charge on any atom is -0.358 e. The normalized spacial score (nSPS) is 10.1. The number of halogens is 2. The number of aryl methyl sites for hydroxylation is 2. The van der Waals surface area contributed by atoms with Crippen LogP contribution in [0.1, 0.15) is 36.5 Å². The van der Waals surface area contributed by atoms with E-state index in [0.717, 1.165) is 0 Å². The van der Waals surface area contributed by atoms with Crippen molar-refractivity contribution in [3.05, 3.63) is 171 Å². The molecule has 0 N–H and O–H groups in total. The summed E-state index contributed by atoms with van der Waals surface area (Å²) in [5.74, 6) is 0.563. The molecule has 49 heavy (non-hydrogen) atoms. The van der Waals surface area contributed by atoms with Crippen LogP contribution in [-0.4, -0.2) is 4.21 Å². The molecule has 0 heterocycles. The van der Waals surface area contributed by atoms with Gasteiger partial charge in [-0.3, -0.25) is 0 Å². The Morgan fingerprint density at radius 2 is 0.980 bits per heavy atom. The van der Waals surface area contributed by atoms with Crippen molar-refractivity contribution < 1.29 is 24.2 Å². The molecule has 0 saturated heterocycles. The van der Waals surface area contributed by atoms with Crippen LogP contribution in [0.3, 0.4) is 0 Å². The minimum atomic E-state index is 0. The van der Waals surface area contributed by atoms with Gasteiger partial charge in [0.05, 0.1) is 0 Å². The van der Waals surface area contributed by atoms with Crippen molar-refractivity contribution in [3.8, 4) is 22.3 Å². The Labute approximate surface area is 321 Å². The predicted molar refractivity (Wildman–Crippen MR) is 223 cm³/mol. The maximum absolute atomic E-state index is 3.34. The van der Waals surface area contributed by atoms with Crippen molar-refractivity contribution >= 4 is 72.1 Å². The van der Waals surface area contributed by atoms with Crippen molar-refractivity contribution in [1.82, 2.24) is 0 Å². The molecule has 3 heteroatoms. The molecular weight excluding hydrogens is 715 g/mol. The fourth-order valence-electron chi connectivity index (χ4n) is 6.57. The van der Waals surface area contributed by atoms with E-state index in [0.29, 0.717) is 5.92 Å². The van der Waals surface area contributed by atoms with Gasteiger partial charge in [-0.2, -0.15) is 12.1 Å². The van der Waals surface area contributed by atoms with E-state index in [9.17, 15) is 0 Å². The topological polar surface area (TPSA) is 0 Å². The third-order valence-electron chi connectivity index (χ3n) is 8.85. The summed E-state index contributed by atoms with van der Waals surface area (Å²) in [7, 11) is 0. The number of rotatable bonds is 3. The van der Waals surface area contributed by atoms with E-state index in [-0.39, 0.29) is 39.7 Å². The van der Waals surface area contributed by atoms with E-state index in [2.05, 4.69) is 171 Å². The third-order valence-corrected chi connectivity index (χ3v) is 8.85. The van der Waals surface area contributed by atoms with Crippen LogP contribution in [-0.2, 0) is 24.2 Å². The molecule has 0 nitrogen and oxygen atoms in total. The number of hydrogen-bond acceptors (Lipinski definition) is 0. The van der Waals surface area contributed by atoms with Crippen molar-refractivity contribution in [3.63, 3.8) is 0 Å². The molecule has 0 spiro atoms. The molecule has 0 saturated carbocycles. The van der Waals surface area contributed by atoms with E-state index < -0.39 is 0 Å². The molecule has 0 radical (unpaired) electrons. The molecule has 8 aromatic carbocycles. The minimum absolute atomic E-state index is 0. The molecule has 252 valence electrons. The Morgan fingerprint density at radius 3 is 1.53 bits per heavy atom. The number of benzene rings is 6. The number of hydrogen-bond donors (Lipinski definition) is 0. The van der Waals surface area contributed by atoms with Gasteiger partial charge in [0.25, 0.3) is 0 Å². The smallest absolute Gasteiger partial charge is 0.358 e. The van der Waals surface area contributed by atoms with Crippen molar-refractivity contribution in [2.45, 2.75) is 33.6 Å². The van der Waals surface area contributed by atoms with Gasteiger partial charge >= 0.3 is 28.4 Å². The van der Waals surface area contributed by atoms with Crippen LogP contribution in [0, 0.1) is 28.7 Å². The van der Waals surface area contributed by atoms with Gasteiger partial charge in [0.15, 0.2) is 0 Å². The average molecular weight is 761 g/mol. The average Bonchev–Trinajstić information content (AvgIpc) is 3.70. The van der Waals surface area contributed by atoms with Crippen LogP contribution < -0.4 is 0 Å². The van der Waals surface area contributed by atoms with Crippen LogP contribution in [0.4, 0.5) is 0 Å². The molecule has 0 aliphatic rings. The summed E-state index contributed by atoms with van der Waals surface area (Å²) in [4.78, 5) is 0. The second-order valence-electron chi connectivity index (χ2n) is 12.1. The SMILES string of the molecule is CC(C)c1cc2c(-c3cccc4ccccc34)cccc2[cH-]1.Cc1cc2c(-c3cccc4ccccc34)ccc(C)c2[cH-]1.Cl.Cl.[CH2]=[Zr].[CH3-].[CH3-]. The van der Waals surface area contributed by atoms with E-state index >= 15 is 0 Å². The van der Waals surface area contributed by atoms with Gasteiger partial charge in [0.2, 0.25) is 0 Å². The summed E-state index contributed by atoms with van der Waals surface area (Å²) >= 11 is 1.30. The van der Waals surface area contributed by atoms with Crippen LogP contribution in [0.25, 0.3) is 65.3 Å². The molecule has 0 atom stereocenters. The van der Waals surface area contributed by atoms with E-state index in [1.807, 2.05) is 0 Å². The van der Waals surface area contributed by atoms with Gasteiger partial charge in [-0.15, -0.1) is 93.4 Å². The standard InChI is InChI=1S/C22H19.C21H17.2CH3.CH2.2ClH.Zr/c1-15(2)18-13-17-9-6-12-21(22(17)14-18)20-11-5-8-16-7-3-4-10-19(16)20;1-14-12-20-15(2)10-11-19(21(20)13-14)18-9-5-7-16-6-3-4-8-17(16)18;;;;;;/h3-15H,1-2H3;3-13H,1-2H3;2*1H3;1H2;2*1H;/q4*-1;;;;. The van der Waals surface area contributed by atoms with E-state index in [1.54, 1.807) is 0 Å². The first-order chi connectivity index (χ1) is 22.0. The maximum atomic E-state index is 3.34. The Morgan fingerprint density at radius 1 is 0.510 bits per heavy atom. The summed E-state index contributed by atoms with van der Waals surface area (Å²) < 4.78 is 3.34. The monoisotopic (exact) mass is 758 g/mol. The van der Waals surface area contributed by atoms with Crippen LogP contribution in [0.15, 0.2) is 140 Å². The molecule has 0 aromatic heterocycles. The van der Waals surface area contributed by atoms with Gasteiger partial charge < -0.3 is 14.9 Å². The van der Waals surface area contributed by atoms with Gasteiger partial charge in [0, 0.05) is 0 Å². The molecule has 8 aromatic rings. The fraction of sp³-hybridized carbons (Fsp3) is 0.109. The van der Waals surface area contributed by atoms with Gasteiger partial charge in [0.1, 0.15) is 0 Å². The van der Waals surface area contributed by atoms with Gasteiger partial charge in [-0.05, 0) is 38.6 Å². The Balaban J connectivity index is 0.000000301. The third kappa shape index (κ3) is 8.41. The second-order valence-corrected chi connectivity index (χ2v) is 12.1. The Hall–Kier alpha value is -3.61. The molecular formula is C46H46Cl2Zr-4. The summed E-state index contributed by atoms with van der Waals surface area (Å²) in [5, 5.41) is 10.7. The quantitative estimate of drug-likeness (QED) is 0.157. The first-order valence-corrected chi connectivity index (χ1v) is 17.4. The summed E-state index contributed by atoms with van der Waals surface area (Å²) in [5.41, 5.74) is 9.42. The number of fused-ring (bicyclic) bond motifs is 4. The zero-order chi connectivity index (χ0) is 31.5. The van der Waals surface area contributed by atoms with Crippen LogP contribution in [0.5, 0.6) is 0 Å². The van der Waals surface area contributed by atoms with Crippen LogP contribution >= 0.6 is 24.8 Å². The molecule has 0 unspecified atom stereocenters. The molecule has 0 aliphatic heterocycles. The first-order valence-electron chi connectivity index (χ1n) is 15.7.